The summed E-state index contributed by atoms with van der Waals surface area (Å²) >= 11 is 7.77. The van der Waals surface area contributed by atoms with Gasteiger partial charge in [0, 0.05) is 29.2 Å². The zero-order valence-electron chi connectivity index (χ0n) is 12.9. The van der Waals surface area contributed by atoms with Crippen LogP contribution >= 0.6 is 23.4 Å². The number of hydrogen-bond acceptors (Lipinski definition) is 2. The zero-order chi connectivity index (χ0) is 16.1. The first-order valence-electron chi connectivity index (χ1n) is 6.91. The van der Waals surface area contributed by atoms with Gasteiger partial charge in [-0.25, -0.2) is 4.79 Å². The second-order valence-corrected chi connectivity index (χ2v) is 6.39. The molecule has 2 rings (SSSR count). The smallest absolute Gasteiger partial charge is 0.321 e. The highest BCUT2D eigenvalue weighted by Gasteiger charge is 2.10. The van der Waals surface area contributed by atoms with Crippen LogP contribution in [0.5, 0.6) is 0 Å². The summed E-state index contributed by atoms with van der Waals surface area (Å²) in [6.45, 7) is 2.48. The highest BCUT2D eigenvalue weighted by Crippen LogP contribution is 2.20. The van der Waals surface area contributed by atoms with Crippen molar-refractivity contribution >= 4 is 35.1 Å². The number of thioether (sulfide) groups is 1. The largest absolute Gasteiger partial charge is 0.323 e. The second-order valence-electron chi connectivity index (χ2n) is 5.10. The number of benzene rings is 2. The first kappa shape index (κ1) is 16.7. The van der Waals surface area contributed by atoms with E-state index in [9.17, 15) is 4.79 Å². The van der Waals surface area contributed by atoms with Gasteiger partial charge in [0.1, 0.15) is 0 Å². The molecule has 0 aromatic heterocycles. The molecule has 0 unspecified atom stereocenters. The number of nitrogens with one attached hydrogen (secondary N) is 1. The molecule has 0 bridgehead atoms. The van der Waals surface area contributed by atoms with Gasteiger partial charge >= 0.3 is 6.03 Å². The molecule has 0 atom stereocenters. The summed E-state index contributed by atoms with van der Waals surface area (Å²) in [6, 6.07) is 13.5. The lowest BCUT2D eigenvalue weighted by molar-refractivity contribution is 0.220. The third-order valence-corrected chi connectivity index (χ3v) is 4.50. The molecule has 5 heteroatoms. The minimum absolute atomic E-state index is 0.158. The van der Waals surface area contributed by atoms with Gasteiger partial charge in [-0.1, -0.05) is 29.8 Å². The van der Waals surface area contributed by atoms with Gasteiger partial charge in [-0.15, -0.1) is 11.8 Å². The molecule has 1 N–H and O–H groups in total. The fourth-order valence-corrected chi connectivity index (χ4v) is 2.55. The number of carbonyl (C=O) groups is 1. The van der Waals surface area contributed by atoms with Crippen LogP contribution in [0, 0.1) is 6.92 Å². The van der Waals surface area contributed by atoms with Crippen molar-refractivity contribution in [1.29, 1.82) is 0 Å². The number of rotatable bonds is 4. The van der Waals surface area contributed by atoms with Gasteiger partial charge in [0.2, 0.25) is 0 Å². The van der Waals surface area contributed by atoms with Gasteiger partial charge in [0.15, 0.2) is 0 Å². The van der Waals surface area contributed by atoms with E-state index in [2.05, 4.69) is 17.4 Å². The molecule has 0 fully saturated rings. The molecule has 0 aliphatic carbocycles. The Labute approximate surface area is 140 Å². The average molecular weight is 335 g/mol. The lowest BCUT2D eigenvalue weighted by Crippen LogP contribution is -2.30. The summed E-state index contributed by atoms with van der Waals surface area (Å²) in [6.07, 6.45) is 2.04. The van der Waals surface area contributed by atoms with E-state index in [-0.39, 0.29) is 6.03 Å². The minimum Gasteiger partial charge on any atom is -0.323 e. The molecular formula is C17H19ClN2OS. The van der Waals surface area contributed by atoms with Crippen LogP contribution in [-0.4, -0.2) is 24.2 Å². The van der Waals surface area contributed by atoms with E-state index in [1.165, 1.54) is 4.90 Å². The summed E-state index contributed by atoms with van der Waals surface area (Å²) in [7, 11) is 1.77. The summed E-state index contributed by atoms with van der Waals surface area (Å²) in [5, 5.41) is 3.50. The molecule has 0 saturated heterocycles. The normalized spacial score (nSPS) is 10.4. The minimum atomic E-state index is -0.158. The monoisotopic (exact) mass is 334 g/mol. The first-order valence-corrected chi connectivity index (χ1v) is 8.51. The molecule has 116 valence electrons. The molecule has 0 aliphatic rings. The van der Waals surface area contributed by atoms with Gasteiger partial charge in [0.05, 0.1) is 0 Å². The SMILES string of the molecule is CSc1ccc(CN(C)C(=O)Nc2ccc(C)c(Cl)c2)cc1. The molecule has 0 aliphatic heterocycles. The van der Waals surface area contributed by atoms with Crippen molar-refractivity contribution in [1.82, 2.24) is 4.90 Å². The Bertz CT molecular complexity index is 658. The molecular weight excluding hydrogens is 316 g/mol. The highest BCUT2D eigenvalue weighted by atomic mass is 35.5. The van der Waals surface area contributed by atoms with E-state index in [0.29, 0.717) is 17.3 Å². The van der Waals surface area contributed by atoms with Crippen molar-refractivity contribution in [3.05, 3.63) is 58.6 Å². The fourth-order valence-electron chi connectivity index (χ4n) is 1.97. The summed E-state index contributed by atoms with van der Waals surface area (Å²) < 4.78 is 0. The van der Waals surface area contributed by atoms with Gasteiger partial charge in [0.25, 0.3) is 0 Å². The molecule has 0 saturated carbocycles. The average Bonchev–Trinajstić information content (AvgIpc) is 2.51. The lowest BCUT2D eigenvalue weighted by Gasteiger charge is -2.18. The van der Waals surface area contributed by atoms with Crippen LogP contribution in [0.15, 0.2) is 47.4 Å². The van der Waals surface area contributed by atoms with E-state index >= 15 is 0 Å². The number of halogens is 1. The zero-order valence-corrected chi connectivity index (χ0v) is 14.5. The van der Waals surface area contributed by atoms with Crippen LogP contribution in [0.2, 0.25) is 5.02 Å². The third kappa shape index (κ3) is 4.42. The number of urea groups is 1. The predicted molar refractivity (Wildman–Crippen MR) is 94.9 cm³/mol. The van der Waals surface area contributed by atoms with E-state index in [1.807, 2.05) is 37.4 Å². The van der Waals surface area contributed by atoms with E-state index in [4.69, 9.17) is 11.6 Å². The van der Waals surface area contributed by atoms with Gasteiger partial charge < -0.3 is 10.2 Å². The first-order chi connectivity index (χ1) is 10.5. The van der Waals surface area contributed by atoms with Gasteiger partial charge in [-0.2, -0.15) is 0 Å². The number of amides is 2. The van der Waals surface area contributed by atoms with Crippen molar-refractivity contribution in [2.45, 2.75) is 18.4 Å². The molecule has 22 heavy (non-hydrogen) atoms. The predicted octanol–water partition coefficient (Wildman–Crippen LogP) is 5.03. The van der Waals surface area contributed by atoms with Crippen molar-refractivity contribution in [2.24, 2.45) is 0 Å². The van der Waals surface area contributed by atoms with Crippen LogP contribution in [0.25, 0.3) is 0 Å². The molecule has 0 heterocycles. The van der Waals surface area contributed by atoms with Crippen molar-refractivity contribution in [2.75, 3.05) is 18.6 Å². The molecule has 2 aromatic carbocycles. The molecule has 0 radical (unpaired) electrons. The standard InChI is InChI=1S/C17H19ClN2OS/c1-12-4-7-14(10-16(12)18)19-17(21)20(2)11-13-5-8-15(22-3)9-6-13/h4-10H,11H2,1-3H3,(H,19,21). The maximum absolute atomic E-state index is 12.2. The number of carbonyl (C=O) groups excluding carboxylic acids is 1. The Hall–Kier alpha value is -1.65. The van der Waals surface area contributed by atoms with Gasteiger partial charge in [-0.05, 0) is 48.6 Å². The van der Waals surface area contributed by atoms with Crippen LogP contribution in [0.3, 0.4) is 0 Å². The quantitative estimate of drug-likeness (QED) is 0.795. The Balaban J connectivity index is 1.97. The molecule has 2 amide bonds. The maximum atomic E-state index is 12.2. The topological polar surface area (TPSA) is 32.3 Å². The van der Waals surface area contributed by atoms with E-state index in [1.54, 1.807) is 29.8 Å². The summed E-state index contributed by atoms with van der Waals surface area (Å²) in [5.41, 5.74) is 2.78. The third-order valence-electron chi connectivity index (χ3n) is 3.35. The number of aryl methyl sites for hydroxylation is 1. The van der Waals surface area contributed by atoms with Crippen LogP contribution in [0.4, 0.5) is 10.5 Å². The molecule has 3 nitrogen and oxygen atoms in total. The summed E-state index contributed by atoms with van der Waals surface area (Å²) in [4.78, 5) is 15.1. The molecule has 2 aromatic rings. The second kappa shape index (κ2) is 7.56. The van der Waals surface area contributed by atoms with Crippen molar-refractivity contribution in [3.8, 4) is 0 Å². The number of nitrogens with zero attached hydrogens (tertiary/aromatic N) is 1. The van der Waals surface area contributed by atoms with E-state index in [0.717, 1.165) is 11.1 Å². The van der Waals surface area contributed by atoms with Crippen LogP contribution < -0.4 is 5.32 Å². The van der Waals surface area contributed by atoms with E-state index < -0.39 is 0 Å². The Kier molecular flexibility index (Phi) is 5.75. The van der Waals surface area contributed by atoms with Crippen LogP contribution in [0.1, 0.15) is 11.1 Å². The van der Waals surface area contributed by atoms with Crippen molar-refractivity contribution < 1.29 is 4.79 Å². The number of anilines is 1. The Morgan fingerprint density at radius 3 is 2.50 bits per heavy atom. The molecule has 0 spiro atoms. The number of hydrogen-bond donors (Lipinski definition) is 1. The summed E-state index contributed by atoms with van der Waals surface area (Å²) in [5.74, 6) is 0. The van der Waals surface area contributed by atoms with Crippen LogP contribution in [-0.2, 0) is 6.54 Å². The van der Waals surface area contributed by atoms with Gasteiger partial charge in [-0.3, -0.25) is 0 Å². The fraction of sp³-hybridized carbons (Fsp3) is 0.235. The maximum Gasteiger partial charge on any atom is 0.321 e. The Morgan fingerprint density at radius 2 is 1.91 bits per heavy atom. The Morgan fingerprint density at radius 1 is 1.23 bits per heavy atom. The lowest BCUT2D eigenvalue weighted by atomic mass is 10.2. The highest BCUT2D eigenvalue weighted by molar-refractivity contribution is 7.98. The van der Waals surface area contributed by atoms with Crippen molar-refractivity contribution in [3.63, 3.8) is 0 Å².